The van der Waals surface area contributed by atoms with E-state index in [9.17, 15) is 4.79 Å². The predicted octanol–water partition coefficient (Wildman–Crippen LogP) is 0.809. The summed E-state index contributed by atoms with van der Waals surface area (Å²) in [5.41, 5.74) is 0. The van der Waals surface area contributed by atoms with Gasteiger partial charge in [-0.2, -0.15) is 0 Å². The maximum atomic E-state index is 11.9. The van der Waals surface area contributed by atoms with Gasteiger partial charge in [0, 0.05) is 31.6 Å². The van der Waals surface area contributed by atoms with Gasteiger partial charge in [0.15, 0.2) is 0 Å². The molecule has 2 N–H and O–H groups in total. The van der Waals surface area contributed by atoms with Gasteiger partial charge >= 0.3 is 0 Å². The molecule has 0 aliphatic carbocycles. The quantitative estimate of drug-likeness (QED) is 0.802. The van der Waals surface area contributed by atoms with Crippen LogP contribution in [0.5, 0.6) is 0 Å². The van der Waals surface area contributed by atoms with E-state index in [4.69, 9.17) is 4.74 Å². The van der Waals surface area contributed by atoms with Crippen molar-refractivity contribution in [1.29, 1.82) is 0 Å². The lowest BCUT2D eigenvalue weighted by Crippen LogP contribution is -2.50. The smallest absolute Gasteiger partial charge is 0.221 e. The molecule has 5 nitrogen and oxygen atoms in total. The number of halogens is 2. The molecule has 0 saturated carbocycles. The molecule has 2 heterocycles. The van der Waals surface area contributed by atoms with Crippen molar-refractivity contribution in [3.8, 4) is 0 Å². The lowest BCUT2D eigenvalue weighted by atomic mass is 10.1. The van der Waals surface area contributed by atoms with Crippen LogP contribution < -0.4 is 10.6 Å². The van der Waals surface area contributed by atoms with Gasteiger partial charge in [0.1, 0.15) is 0 Å². The van der Waals surface area contributed by atoms with Crippen LogP contribution in [0.15, 0.2) is 0 Å². The molecule has 20 heavy (non-hydrogen) atoms. The minimum absolute atomic E-state index is 0. The Morgan fingerprint density at radius 3 is 2.90 bits per heavy atom. The van der Waals surface area contributed by atoms with Gasteiger partial charge in [0.25, 0.3) is 0 Å². The Morgan fingerprint density at radius 2 is 2.25 bits per heavy atom. The monoisotopic (exact) mass is 327 g/mol. The van der Waals surface area contributed by atoms with Crippen LogP contribution in [0.2, 0.25) is 0 Å². The number of nitrogens with zero attached hydrogens (tertiary/aromatic N) is 1. The van der Waals surface area contributed by atoms with Gasteiger partial charge in [0.2, 0.25) is 5.91 Å². The first-order chi connectivity index (χ1) is 8.78. The van der Waals surface area contributed by atoms with E-state index >= 15 is 0 Å². The maximum Gasteiger partial charge on any atom is 0.221 e. The zero-order valence-corrected chi connectivity index (χ0v) is 13.7. The molecule has 0 spiro atoms. The largest absolute Gasteiger partial charge is 0.378 e. The molecule has 2 aliphatic heterocycles. The summed E-state index contributed by atoms with van der Waals surface area (Å²) in [6, 6.07) is 0.514. The van der Waals surface area contributed by atoms with E-state index in [0.29, 0.717) is 19.1 Å². The number of piperidine rings is 1. The highest BCUT2D eigenvalue weighted by Crippen LogP contribution is 2.10. The number of nitrogens with one attached hydrogen (secondary N) is 2. The zero-order valence-electron chi connectivity index (χ0n) is 12.1. The van der Waals surface area contributed by atoms with Crippen molar-refractivity contribution in [2.75, 3.05) is 39.4 Å². The minimum atomic E-state index is 0. The number of hydrogen-bond donors (Lipinski definition) is 2. The van der Waals surface area contributed by atoms with Crippen LogP contribution in [-0.4, -0.2) is 62.3 Å². The molecule has 0 radical (unpaired) electrons. The summed E-state index contributed by atoms with van der Waals surface area (Å²) < 4.78 is 5.36. The Bertz CT molecular complexity index is 276. The molecule has 0 aromatic rings. The van der Waals surface area contributed by atoms with Crippen molar-refractivity contribution in [2.45, 2.75) is 38.3 Å². The Hall–Kier alpha value is -0.0700. The molecular weight excluding hydrogens is 301 g/mol. The van der Waals surface area contributed by atoms with Crippen LogP contribution in [0, 0.1) is 0 Å². The summed E-state index contributed by atoms with van der Waals surface area (Å²) in [6.45, 7) is 7.67. The summed E-state index contributed by atoms with van der Waals surface area (Å²) in [6.07, 6.45) is 2.82. The first-order valence-electron chi connectivity index (χ1n) is 7.10. The van der Waals surface area contributed by atoms with Gasteiger partial charge in [-0.3, -0.25) is 4.79 Å². The van der Waals surface area contributed by atoms with Crippen molar-refractivity contribution < 1.29 is 9.53 Å². The molecule has 0 aromatic heterocycles. The number of ether oxygens (including phenoxy) is 1. The standard InChI is InChI=1S/C13H25N3O2.2ClH/c1-2-16-6-3-4-11(9-16)15-13(17)8-12-10-18-7-5-14-12;;/h11-12,14H,2-10H2,1H3,(H,15,17);2*1H. The lowest BCUT2D eigenvalue weighted by Gasteiger charge is -2.32. The van der Waals surface area contributed by atoms with Gasteiger partial charge in [-0.25, -0.2) is 0 Å². The Balaban J connectivity index is 0.00000180. The average molecular weight is 328 g/mol. The summed E-state index contributed by atoms with van der Waals surface area (Å²) in [5, 5.41) is 6.47. The summed E-state index contributed by atoms with van der Waals surface area (Å²) >= 11 is 0. The lowest BCUT2D eigenvalue weighted by molar-refractivity contribution is -0.123. The van der Waals surface area contributed by atoms with E-state index in [0.717, 1.165) is 32.7 Å². The molecular formula is C13H27Cl2N3O2. The number of amides is 1. The fourth-order valence-corrected chi connectivity index (χ4v) is 2.72. The van der Waals surface area contributed by atoms with Crippen LogP contribution in [0.3, 0.4) is 0 Å². The SMILES string of the molecule is CCN1CCCC(NC(=O)CC2COCCN2)C1.Cl.Cl. The number of rotatable bonds is 4. The zero-order chi connectivity index (χ0) is 12.8. The van der Waals surface area contributed by atoms with Crippen molar-refractivity contribution in [3.05, 3.63) is 0 Å². The van der Waals surface area contributed by atoms with Crippen LogP contribution in [0.4, 0.5) is 0 Å². The fraction of sp³-hybridized carbons (Fsp3) is 0.923. The molecule has 1 amide bonds. The minimum Gasteiger partial charge on any atom is -0.378 e. The topological polar surface area (TPSA) is 53.6 Å². The van der Waals surface area contributed by atoms with Crippen LogP contribution in [0.1, 0.15) is 26.2 Å². The normalized spacial score (nSPS) is 27.1. The van der Waals surface area contributed by atoms with Crippen LogP contribution >= 0.6 is 24.8 Å². The molecule has 120 valence electrons. The van der Waals surface area contributed by atoms with Crippen molar-refractivity contribution >= 4 is 30.7 Å². The van der Waals surface area contributed by atoms with Crippen LogP contribution in [-0.2, 0) is 9.53 Å². The van der Waals surface area contributed by atoms with Crippen molar-refractivity contribution in [3.63, 3.8) is 0 Å². The van der Waals surface area contributed by atoms with E-state index < -0.39 is 0 Å². The second-order valence-electron chi connectivity index (χ2n) is 5.23. The van der Waals surface area contributed by atoms with Gasteiger partial charge < -0.3 is 20.3 Å². The van der Waals surface area contributed by atoms with E-state index in [1.165, 1.54) is 13.0 Å². The maximum absolute atomic E-state index is 11.9. The fourth-order valence-electron chi connectivity index (χ4n) is 2.72. The van der Waals surface area contributed by atoms with E-state index in [-0.39, 0.29) is 36.8 Å². The highest BCUT2D eigenvalue weighted by atomic mass is 35.5. The molecule has 0 aromatic carbocycles. The highest BCUT2D eigenvalue weighted by molar-refractivity contribution is 5.85. The molecule has 2 rings (SSSR count). The summed E-state index contributed by atoms with van der Waals surface area (Å²) in [4.78, 5) is 14.3. The van der Waals surface area contributed by atoms with E-state index in [2.05, 4.69) is 22.5 Å². The summed E-state index contributed by atoms with van der Waals surface area (Å²) in [5.74, 6) is 0.154. The molecule has 0 bridgehead atoms. The van der Waals surface area contributed by atoms with Gasteiger partial charge in [-0.05, 0) is 25.9 Å². The first-order valence-corrected chi connectivity index (χ1v) is 7.10. The molecule has 2 aliphatic rings. The molecule has 7 heteroatoms. The van der Waals surface area contributed by atoms with Crippen molar-refractivity contribution in [2.24, 2.45) is 0 Å². The molecule has 2 saturated heterocycles. The number of likely N-dealkylation sites (N-methyl/N-ethyl adjacent to an activating group) is 1. The number of carbonyl (C=O) groups is 1. The second kappa shape index (κ2) is 10.6. The van der Waals surface area contributed by atoms with Crippen molar-refractivity contribution in [1.82, 2.24) is 15.5 Å². The molecule has 2 fully saturated rings. The van der Waals surface area contributed by atoms with Gasteiger partial charge in [-0.1, -0.05) is 6.92 Å². The summed E-state index contributed by atoms with van der Waals surface area (Å²) in [7, 11) is 0. The Kier molecular flexibility index (Phi) is 10.6. The third-order valence-electron chi connectivity index (χ3n) is 3.75. The Morgan fingerprint density at radius 1 is 1.45 bits per heavy atom. The van der Waals surface area contributed by atoms with Crippen LogP contribution in [0.25, 0.3) is 0 Å². The number of hydrogen-bond acceptors (Lipinski definition) is 4. The molecule has 2 atom stereocenters. The first kappa shape index (κ1) is 19.9. The molecule has 2 unspecified atom stereocenters. The average Bonchev–Trinajstić information content (AvgIpc) is 2.40. The van der Waals surface area contributed by atoms with Gasteiger partial charge in [0.05, 0.1) is 13.2 Å². The second-order valence-corrected chi connectivity index (χ2v) is 5.23. The number of carbonyl (C=O) groups excluding carboxylic acids is 1. The van der Waals surface area contributed by atoms with Gasteiger partial charge in [-0.15, -0.1) is 24.8 Å². The predicted molar refractivity (Wildman–Crippen MR) is 85.0 cm³/mol. The van der Waals surface area contributed by atoms with E-state index in [1.807, 2.05) is 0 Å². The Labute approximate surface area is 134 Å². The highest BCUT2D eigenvalue weighted by Gasteiger charge is 2.22. The third kappa shape index (κ3) is 6.59. The number of morpholine rings is 1. The number of likely N-dealkylation sites (tertiary alicyclic amines) is 1. The third-order valence-corrected chi connectivity index (χ3v) is 3.75. The van der Waals surface area contributed by atoms with E-state index in [1.54, 1.807) is 0 Å².